The Morgan fingerprint density at radius 1 is 0.923 bits per heavy atom. The van der Waals surface area contributed by atoms with Gasteiger partial charge < -0.3 is 15.0 Å². The molecule has 0 spiro atoms. The number of carbonyl (C=O) groups excluding carboxylic acids is 2. The number of aryl methyl sites for hydroxylation is 3. The molecule has 0 unspecified atom stereocenters. The van der Waals surface area contributed by atoms with E-state index >= 15 is 0 Å². The maximum atomic E-state index is 13.9. The van der Waals surface area contributed by atoms with Crippen molar-refractivity contribution < 1.29 is 22.7 Å². The first-order valence-corrected chi connectivity index (χ1v) is 14.3. The number of hydrogen-bond donors (Lipinski definition) is 1. The van der Waals surface area contributed by atoms with E-state index in [0.29, 0.717) is 18.0 Å². The van der Waals surface area contributed by atoms with Crippen LogP contribution in [0.2, 0.25) is 0 Å². The van der Waals surface area contributed by atoms with Crippen LogP contribution in [0.5, 0.6) is 5.75 Å². The van der Waals surface area contributed by atoms with Gasteiger partial charge in [-0.05, 0) is 76.1 Å². The predicted molar refractivity (Wildman–Crippen MR) is 153 cm³/mol. The number of rotatable bonds is 11. The van der Waals surface area contributed by atoms with Crippen LogP contribution >= 0.6 is 0 Å². The monoisotopic (exact) mass is 551 g/mol. The van der Waals surface area contributed by atoms with Crippen molar-refractivity contribution in [2.45, 2.75) is 52.1 Å². The highest BCUT2D eigenvalue weighted by Gasteiger charge is 2.33. The summed E-state index contributed by atoms with van der Waals surface area (Å²) < 4.78 is 34.2. The van der Waals surface area contributed by atoms with Crippen LogP contribution in [0.4, 0.5) is 5.69 Å². The van der Waals surface area contributed by atoms with E-state index in [1.54, 1.807) is 51.3 Å². The first-order valence-electron chi connectivity index (χ1n) is 12.8. The molecule has 39 heavy (non-hydrogen) atoms. The zero-order chi connectivity index (χ0) is 28.7. The molecule has 3 aromatic carbocycles. The summed E-state index contributed by atoms with van der Waals surface area (Å²) in [6.07, 6.45) is 0. The van der Waals surface area contributed by atoms with Gasteiger partial charge in [0, 0.05) is 13.1 Å². The van der Waals surface area contributed by atoms with Crippen LogP contribution in [0.1, 0.15) is 36.1 Å². The Balaban J connectivity index is 2.05. The first kappa shape index (κ1) is 29.7. The van der Waals surface area contributed by atoms with Crippen molar-refractivity contribution in [1.82, 2.24) is 10.2 Å². The number of nitrogens with zero attached hydrogens (tertiary/aromatic N) is 2. The highest BCUT2D eigenvalue weighted by atomic mass is 32.2. The number of nitrogens with one attached hydrogen (secondary N) is 1. The molecular formula is C30H37N3O5S. The van der Waals surface area contributed by atoms with Crippen molar-refractivity contribution in [1.29, 1.82) is 0 Å². The summed E-state index contributed by atoms with van der Waals surface area (Å²) in [4.78, 5) is 28.2. The van der Waals surface area contributed by atoms with Gasteiger partial charge in [0.15, 0.2) is 0 Å². The molecule has 0 radical (unpaired) electrons. The van der Waals surface area contributed by atoms with Crippen molar-refractivity contribution in [2.24, 2.45) is 0 Å². The highest BCUT2D eigenvalue weighted by Crippen LogP contribution is 2.28. The Morgan fingerprint density at radius 2 is 1.54 bits per heavy atom. The number of anilines is 1. The van der Waals surface area contributed by atoms with Crippen LogP contribution in [-0.4, -0.2) is 51.4 Å². The third-order valence-electron chi connectivity index (χ3n) is 6.54. The Labute approximate surface area is 231 Å². The van der Waals surface area contributed by atoms with Crippen molar-refractivity contribution in [3.8, 4) is 5.75 Å². The average Bonchev–Trinajstić information content (AvgIpc) is 2.91. The van der Waals surface area contributed by atoms with Gasteiger partial charge in [0.25, 0.3) is 10.0 Å². The number of hydrogen-bond acceptors (Lipinski definition) is 5. The second-order valence-electron chi connectivity index (χ2n) is 9.55. The molecule has 9 heteroatoms. The van der Waals surface area contributed by atoms with Crippen molar-refractivity contribution >= 4 is 27.5 Å². The van der Waals surface area contributed by atoms with Crippen LogP contribution in [0.25, 0.3) is 0 Å². The summed E-state index contributed by atoms with van der Waals surface area (Å²) in [7, 11) is -2.54. The molecule has 0 aromatic heterocycles. The number of methoxy groups -OCH3 is 1. The van der Waals surface area contributed by atoms with Crippen LogP contribution in [0.15, 0.2) is 71.6 Å². The smallest absolute Gasteiger partial charge is 0.264 e. The summed E-state index contributed by atoms with van der Waals surface area (Å²) >= 11 is 0. The molecule has 0 saturated carbocycles. The third kappa shape index (κ3) is 7.17. The van der Waals surface area contributed by atoms with E-state index < -0.39 is 28.5 Å². The molecule has 0 heterocycles. The summed E-state index contributed by atoms with van der Waals surface area (Å²) in [5.41, 5.74) is 3.80. The second kappa shape index (κ2) is 12.8. The Morgan fingerprint density at radius 3 is 2.10 bits per heavy atom. The van der Waals surface area contributed by atoms with Gasteiger partial charge in [0.2, 0.25) is 11.8 Å². The molecule has 1 N–H and O–H groups in total. The van der Waals surface area contributed by atoms with Crippen molar-refractivity contribution in [3.05, 3.63) is 89.0 Å². The molecule has 0 saturated heterocycles. The molecular weight excluding hydrogens is 514 g/mol. The van der Waals surface area contributed by atoms with Crippen LogP contribution < -0.4 is 14.4 Å². The Kier molecular flexibility index (Phi) is 9.75. The van der Waals surface area contributed by atoms with Gasteiger partial charge in [0.05, 0.1) is 17.7 Å². The fourth-order valence-electron chi connectivity index (χ4n) is 4.27. The maximum absolute atomic E-state index is 13.9. The van der Waals surface area contributed by atoms with E-state index in [0.717, 1.165) is 26.6 Å². The predicted octanol–water partition coefficient (Wildman–Crippen LogP) is 4.37. The minimum Gasteiger partial charge on any atom is -0.497 e. The van der Waals surface area contributed by atoms with Gasteiger partial charge >= 0.3 is 0 Å². The molecule has 3 aromatic rings. The molecule has 0 aliphatic carbocycles. The van der Waals surface area contributed by atoms with Gasteiger partial charge in [0.1, 0.15) is 18.3 Å². The zero-order valence-electron chi connectivity index (χ0n) is 23.4. The van der Waals surface area contributed by atoms with Gasteiger partial charge in [-0.25, -0.2) is 8.42 Å². The summed E-state index contributed by atoms with van der Waals surface area (Å²) in [6, 6.07) is 18.3. The third-order valence-corrected chi connectivity index (χ3v) is 8.31. The van der Waals surface area contributed by atoms with Gasteiger partial charge in [-0.1, -0.05) is 47.5 Å². The zero-order valence-corrected chi connectivity index (χ0v) is 24.2. The molecule has 0 aliphatic rings. The van der Waals surface area contributed by atoms with E-state index in [1.807, 2.05) is 45.0 Å². The van der Waals surface area contributed by atoms with Crippen molar-refractivity contribution in [3.63, 3.8) is 0 Å². The number of likely N-dealkylation sites (N-methyl/N-ethyl adjacent to an activating group) is 1. The SMILES string of the molecule is CCNC(=O)[C@H](C)N(Cc1ccc(OC)cc1)C(=O)CN(c1ccc(C)cc1C)S(=O)(=O)c1ccc(C)cc1. The first-order chi connectivity index (χ1) is 18.5. The van der Waals surface area contributed by atoms with Crippen LogP contribution in [0.3, 0.4) is 0 Å². The van der Waals surface area contributed by atoms with Crippen LogP contribution in [-0.2, 0) is 26.2 Å². The fraction of sp³-hybridized carbons (Fsp3) is 0.333. The van der Waals surface area contributed by atoms with Gasteiger partial charge in [-0.3, -0.25) is 13.9 Å². The lowest BCUT2D eigenvalue weighted by molar-refractivity contribution is -0.139. The number of sulfonamides is 1. The second-order valence-corrected chi connectivity index (χ2v) is 11.4. The van der Waals surface area contributed by atoms with E-state index in [4.69, 9.17) is 4.74 Å². The number of amides is 2. The normalized spacial score (nSPS) is 11.9. The average molecular weight is 552 g/mol. The standard InChI is InChI=1S/C30H37N3O5S/c1-7-31-30(35)24(5)32(19-25-11-13-26(38-6)14-12-25)29(34)20-33(28-17-10-22(3)18-23(28)4)39(36,37)27-15-8-21(2)9-16-27/h8-18,24H,7,19-20H2,1-6H3,(H,31,35)/t24-/m0/s1. The lowest BCUT2D eigenvalue weighted by Gasteiger charge is -2.32. The topological polar surface area (TPSA) is 96.0 Å². The fourth-order valence-corrected chi connectivity index (χ4v) is 5.75. The van der Waals surface area contributed by atoms with E-state index in [-0.39, 0.29) is 17.3 Å². The quantitative estimate of drug-likeness (QED) is 0.382. The van der Waals surface area contributed by atoms with Gasteiger partial charge in [-0.15, -0.1) is 0 Å². The lowest BCUT2D eigenvalue weighted by Crippen LogP contribution is -2.51. The van der Waals surface area contributed by atoms with Crippen LogP contribution in [0, 0.1) is 20.8 Å². The molecule has 8 nitrogen and oxygen atoms in total. The van der Waals surface area contributed by atoms with Crippen molar-refractivity contribution in [2.75, 3.05) is 24.5 Å². The maximum Gasteiger partial charge on any atom is 0.264 e. The molecule has 0 fully saturated rings. The van der Waals surface area contributed by atoms with Gasteiger partial charge in [-0.2, -0.15) is 0 Å². The Hall–Kier alpha value is -3.85. The number of ether oxygens (including phenoxy) is 1. The van der Waals surface area contributed by atoms with E-state index in [2.05, 4.69) is 5.32 Å². The summed E-state index contributed by atoms with van der Waals surface area (Å²) in [5, 5.41) is 2.76. The molecule has 208 valence electrons. The molecule has 0 aliphatic heterocycles. The molecule has 0 bridgehead atoms. The molecule has 3 rings (SSSR count). The minimum absolute atomic E-state index is 0.0827. The largest absolute Gasteiger partial charge is 0.497 e. The minimum atomic E-state index is -4.10. The lowest BCUT2D eigenvalue weighted by atomic mass is 10.1. The number of benzene rings is 3. The summed E-state index contributed by atoms with van der Waals surface area (Å²) in [5.74, 6) is -0.155. The molecule has 2 amide bonds. The van der Waals surface area contributed by atoms with E-state index in [1.165, 1.54) is 17.0 Å². The van der Waals surface area contributed by atoms with E-state index in [9.17, 15) is 18.0 Å². The Bertz CT molecular complexity index is 1400. The highest BCUT2D eigenvalue weighted by molar-refractivity contribution is 7.92. The number of carbonyl (C=O) groups is 2. The molecule has 1 atom stereocenters. The summed E-state index contributed by atoms with van der Waals surface area (Å²) in [6.45, 7) is 9.11.